The number of benzene rings is 1. The zero-order valence-corrected chi connectivity index (χ0v) is 13.7. The predicted molar refractivity (Wildman–Crippen MR) is 85.6 cm³/mol. The minimum atomic E-state index is -0.577. The van der Waals surface area contributed by atoms with E-state index in [4.69, 9.17) is 15.2 Å². The molecular formula is C16H23N3O4. The molecule has 3 N–H and O–H groups in total. The van der Waals surface area contributed by atoms with E-state index in [-0.39, 0.29) is 17.9 Å². The van der Waals surface area contributed by atoms with E-state index in [0.717, 1.165) is 0 Å². The molecule has 1 aliphatic heterocycles. The fraction of sp³-hybridized carbons (Fsp3) is 0.500. The number of hydrogen-bond donors (Lipinski definition) is 2. The zero-order chi connectivity index (χ0) is 17.0. The van der Waals surface area contributed by atoms with Crippen LogP contribution in [0.3, 0.4) is 0 Å². The van der Waals surface area contributed by atoms with Gasteiger partial charge in [-0.25, -0.2) is 0 Å². The molecule has 0 radical (unpaired) electrons. The molecule has 2 rings (SSSR count). The molecule has 0 aliphatic carbocycles. The predicted octanol–water partition coefficient (Wildman–Crippen LogP) is 0.382. The molecule has 0 bridgehead atoms. The third kappa shape index (κ3) is 3.39. The first-order chi connectivity index (χ1) is 11.0. The lowest BCUT2D eigenvalue weighted by Crippen LogP contribution is -2.46. The molecule has 2 amide bonds. The van der Waals surface area contributed by atoms with Gasteiger partial charge in [0.15, 0.2) is 0 Å². The van der Waals surface area contributed by atoms with E-state index in [1.807, 2.05) is 6.92 Å². The van der Waals surface area contributed by atoms with Crippen molar-refractivity contribution < 1.29 is 19.1 Å². The first-order valence-corrected chi connectivity index (χ1v) is 7.58. The summed E-state index contributed by atoms with van der Waals surface area (Å²) in [6.07, 6.45) is 0.440. The van der Waals surface area contributed by atoms with Gasteiger partial charge in [-0.2, -0.15) is 0 Å². The second kappa shape index (κ2) is 7.32. The number of methoxy groups -OCH3 is 2. The molecule has 7 nitrogen and oxygen atoms in total. The van der Waals surface area contributed by atoms with E-state index in [2.05, 4.69) is 5.32 Å². The van der Waals surface area contributed by atoms with Gasteiger partial charge in [0.1, 0.15) is 23.1 Å². The largest absolute Gasteiger partial charge is 0.496 e. The van der Waals surface area contributed by atoms with Gasteiger partial charge >= 0.3 is 0 Å². The Labute approximate surface area is 135 Å². The van der Waals surface area contributed by atoms with Crippen LogP contribution in [0.2, 0.25) is 0 Å². The fourth-order valence-corrected chi connectivity index (χ4v) is 2.84. The summed E-state index contributed by atoms with van der Waals surface area (Å²) in [7, 11) is 2.98. The van der Waals surface area contributed by atoms with Crippen molar-refractivity contribution in [1.82, 2.24) is 10.2 Å². The van der Waals surface area contributed by atoms with Crippen LogP contribution in [-0.4, -0.2) is 56.1 Å². The van der Waals surface area contributed by atoms with Crippen molar-refractivity contribution in [3.63, 3.8) is 0 Å². The Morgan fingerprint density at radius 3 is 2.43 bits per heavy atom. The van der Waals surface area contributed by atoms with Gasteiger partial charge in [-0.05, 0) is 25.5 Å². The van der Waals surface area contributed by atoms with Crippen molar-refractivity contribution in [2.75, 3.05) is 27.3 Å². The number of ether oxygens (including phenoxy) is 2. The number of likely N-dealkylation sites (tertiary alicyclic amines) is 1. The number of hydrogen-bond acceptors (Lipinski definition) is 5. The zero-order valence-electron chi connectivity index (χ0n) is 13.7. The van der Waals surface area contributed by atoms with Crippen LogP contribution < -0.4 is 20.5 Å². The lowest BCUT2D eigenvalue weighted by molar-refractivity contribution is -0.124. The van der Waals surface area contributed by atoms with Crippen LogP contribution >= 0.6 is 0 Å². The van der Waals surface area contributed by atoms with Crippen molar-refractivity contribution in [2.24, 2.45) is 5.73 Å². The van der Waals surface area contributed by atoms with Crippen molar-refractivity contribution in [3.05, 3.63) is 23.8 Å². The Morgan fingerprint density at radius 2 is 1.91 bits per heavy atom. The summed E-state index contributed by atoms with van der Waals surface area (Å²) >= 11 is 0. The molecule has 0 aromatic heterocycles. The maximum absolute atomic E-state index is 13.0. The number of likely N-dealkylation sites (N-methyl/N-ethyl adjacent to an activating group) is 1. The van der Waals surface area contributed by atoms with Crippen LogP contribution in [0.25, 0.3) is 0 Å². The highest BCUT2D eigenvalue weighted by molar-refractivity contribution is 6.02. The van der Waals surface area contributed by atoms with Gasteiger partial charge in [0, 0.05) is 19.1 Å². The van der Waals surface area contributed by atoms with Crippen molar-refractivity contribution in [3.8, 4) is 11.5 Å². The van der Waals surface area contributed by atoms with Gasteiger partial charge in [-0.1, -0.05) is 6.07 Å². The molecule has 1 aromatic rings. The Hall–Kier alpha value is -2.28. The van der Waals surface area contributed by atoms with Crippen LogP contribution in [0, 0.1) is 0 Å². The molecule has 1 heterocycles. The number of carbonyl (C=O) groups excluding carboxylic acids is 2. The average Bonchev–Trinajstić information content (AvgIpc) is 2.95. The van der Waals surface area contributed by atoms with E-state index in [1.165, 1.54) is 19.1 Å². The van der Waals surface area contributed by atoms with Crippen LogP contribution in [-0.2, 0) is 4.79 Å². The molecule has 0 saturated carbocycles. The van der Waals surface area contributed by atoms with E-state index >= 15 is 0 Å². The number of nitrogens with zero attached hydrogens (tertiary/aromatic N) is 1. The second-order valence-corrected chi connectivity index (χ2v) is 5.40. The monoisotopic (exact) mass is 321 g/mol. The van der Waals surface area contributed by atoms with Crippen molar-refractivity contribution in [2.45, 2.75) is 25.4 Å². The summed E-state index contributed by atoms with van der Waals surface area (Å²) in [6.45, 7) is 2.66. The van der Waals surface area contributed by atoms with Crippen LogP contribution in [0.5, 0.6) is 11.5 Å². The molecule has 1 saturated heterocycles. The van der Waals surface area contributed by atoms with Crippen molar-refractivity contribution >= 4 is 11.8 Å². The maximum atomic E-state index is 13.0. The number of amides is 2. The highest BCUT2D eigenvalue weighted by Gasteiger charge is 2.39. The SMILES string of the molecule is CCNC(=O)[C@@H]1C[C@@H](N)CN1C(=O)c1c(OC)cccc1OC. The van der Waals surface area contributed by atoms with Crippen LogP contribution in [0.4, 0.5) is 0 Å². The molecule has 126 valence electrons. The van der Waals surface area contributed by atoms with E-state index in [9.17, 15) is 9.59 Å². The minimum absolute atomic E-state index is 0.192. The number of carbonyl (C=O) groups is 2. The third-order valence-corrected chi connectivity index (χ3v) is 3.89. The highest BCUT2D eigenvalue weighted by Crippen LogP contribution is 2.31. The van der Waals surface area contributed by atoms with E-state index in [1.54, 1.807) is 18.2 Å². The normalized spacial score (nSPS) is 20.3. The topological polar surface area (TPSA) is 93.9 Å². The summed E-state index contributed by atoms with van der Waals surface area (Å²) in [5.41, 5.74) is 6.28. The second-order valence-electron chi connectivity index (χ2n) is 5.40. The minimum Gasteiger partial charge on any atom is -0.496 e. The molecule has 1 fully saturated rings. The maximum Gasteiger partial charge on any atom is 0.262 e. The number of nitrogens with two attached hydrogens (primary N) is 1. The Morgan fingerprint density at radius 1 is 1.30 bits per heavy atom. The van der Waals surface area contributed by atoms with Gasteiger partial charge < -0.3 is 25.4 Å². The lowest BCUT2D eigenvalue weighted by Gasteiger charge is -2.25. The van der Waals surface area contributed by atoms with E-state index < -0.39 is 6.04 Å². The number of rotatable bonds is 5. The van der Waals surface area contributed by atoms with Gasteiger partial charge in [0.05, 0.1) is 14.2 Å². The molecule has 23 heavy (non-hydrogen) atoms. The molecular weight excluding hydrogens is 298 g/mol. The molecule has 1 aromatic carbocycles. The Balaban J connectivity index is 2.37. The standard InChI is InChI=1S/C16H23N3O4/c1-4-18-15(20)11-8-10(17)9-19(11)16(21)14-12(22-2)6-5-7-13(14)23-3/h5-7,10-11H,4,8-9,17H2,1-3H3,(H,18,20)/t10-,11+/m1/s1. The molecule has 7 heteroatoms. The quantitative estimate of drug-likeness (QED) is 0.818. The summed E-state index contributed by atoms with van der Waals surface area (Å²) in [4.78, 5) is 26.7. The van der Waals surface area contributed by atoms with Crippen LogP contribution in [0.1, 0.15) is 23.7 Å². The van der Waals surface area contributed by atoms with Gasteiger partial charge in [0.25, 0.3) is 5.91 Å². The fourth-order valence-electron chi connectivity index (χ4n) is 2.84. The van der Waals surface area contributed by atoms with Gasteiger partial charge in [0.2, 0.25) is 5.91 Å². The Kier molecular flexibility index (Phi) is 5.44. The van der Waals surface area contributed by atoms with E-state index in [0.29, 0.717) is 36.6 Å². The smallest absolute Gasteiger partial charge is 0.262 e. The first-order valence-electron chi connectivity index (χ1n) is 7.58. The first kappa shape index (κ1) is 17.1. The number of nitrogens with one attached hydrogen (secondary N) is 1. The summed E-state index contributed by atoms with van der Waals surface area (Å²) in [5, 5.41) is 2.75. The molecule has 1 aliphatic rings. The summed E-state index contributed by atoms with van der Waals surface area (Å²) in [5.74, 6) is 0.306. The summed E-state index contributed by atoms with van der Waals surface area (Å²) in [6, 6.07) is 4.31. The molecule has 0 spiro atoms. The summed E-state index contributed by atoms with van der Waals surface area (Å²) < 4.78 is 10.6. The van der Waals surface area contributed by atoms with Gasteiger partial charge in [-0.3, -0.25) is 9.59 Å². The Bertz CT molecular complexity index is 568. The lowest BCUT2D eigenvalue weighted by atomic mass is 10.1. The third-order valence-electron chi connectivity index (χ3n) is 3.89. The van der Waals surface area contributed by atoms with Gasteiger partial charge in [-0.15, -0.1) is 0 Å². The van der Waals surface area contributed by atoms with Crippen LogP contribution in [0.15, 0.2) is 18.2 Å². The average molecular weight is 321 g/mol. The highest BCUT2D eigenvalue weighted by atomic mass is 16.5. The molecule has 0 unspecified atom stereocenters. The molecule has 2 atom stereocenters. The van der Waals surface area contributed by atoms with Crippen molar-refractivity contribution in [1.29, 1.82) is 0 Å².